The Bertz CT molecular complexity index is 1170. The van der Waals surface area contributed by atoms with Gasteiger partial charge in [-0.15, -0.1) is 4.79 Å². The number of Topliss-reactive ketones (excluding diaryl/α,β-unsaturated/α-hetero) is 1. The maximum atomic E-state index is 13.1. The molecule has 0 saturated carbocycles. The van der Waals surface area contributed by atoms with Crippen LogP contribution >= 0.6 is 0 Å². The zero-order valence-corrected chi connectivity index (χ0v) is 19.2. The quantitative estimate of drug-likeness (QED) is 0.265. The lowest BCUT2D eigenvalue weighted by atomic mass is 10.0. The molecule has 0 bridgehead atoms. The molecule has 0 amide bonds. The fourth-order valence-electron chi connectivity index (χ4n) is 3.52. The van der Waals surface area contributed by atoms with Crippen molar-refractivity contribution < 1.29 is 27.5 Å². The topological polar surface area (TPSA) is 106 Å². The summed E-state index contributed by atoms with van der Waals surface area (Å²) in [6, 6.07) is 8.62. The van der Waals surface area contributed by atoms with Crippen LogP contribution in [-0.4, -0.2) is 38.3 Å². The van der Waals surface area contributed by atoms with E-state index in [9.17, 15) is 18.7 Å². The Kier molecular flexibility index (Phi) is 7.55. The van der Waals surface area contributed by atoms with Gasteiger partial charge in [-0.05, 0) is 61.6 Å². The molecule has 0 aliphatic carbocycles. The van der Waals surface area contributed by atoms with Crippen molar-refractivity contribution in [3.63, 3.8) is 0 Å². The molecular formula is C23H26N2O5S. The Balaban J connectivity index is 2.25. The molecule has 2 rings (SSSR count). The van der Waals surface area contributed by atoms with Crippen molar-refractivity contribution in [1.29, 1.82) is 0 Å². The number of nitrogens with zero attached hydrogens (tertiary/aromatic N) is 2. The number of ketones is 1. The maximum Gasteiger partial charge on any atom is 0.451 e. The van der Waals surface area contributed by atoms with E-state index in [4.69, 9.17) is 9.47 Å². The lowest BCUT2D eigenvalue weighted by Gasteiger charge is -2.11. The van der Waals surface area contributed by atoms with Gasteiger partial charge in [-0.2, -0.15) is 0 Å². The number of rotatable bonds is 8. The summed E-state index contributed by atoms with van der Waals surface area (Å²) in [6.07, 6.45) is -0.00945. The van der Waals surface area contributed by atoms with Crippen LogP contribution in [0.3, 0.4) is 0 Å². The maximum absolute atomic E-state index is 13.1. The van der Waals surface area contributed by atoms with E-state index in [0.29, 0.717) is 28.2 Å². The lowest BCUT2D eigenvalue weighted by Crippen LogP contribution is -2.27. The molecule has 0 atom stereocenters. The van der Waals surface area contributed by atoms with Gasteiger partial charge in [0.05, 0.1) is 19.1 Å². The Labute approximate surface area is 182 Å². The zero-order chi connectivity index (χ0) is 23.3. The number of sulfone groups is 1. The third-order valence-corrected chi connectivity index (χ3v) is 6.90. The first kappa shape index (κ1) is 24.1. The minimum atomic E-state index is -4.28. The van der Waals surface area contributed by atoms with Gasteiger partial charge in [-0.25, -0.2) is 8.42 Å². The van der Waals surface area contributed by atoms with Gasteiger partial charge in [0, 0.05) is 6.42 Å². The molecular weight excluding hydrogens is 416 g/mol. The average molecular weight is 443 g/mol. The summed E-state index contributed by atoms with van der Waals surface area (Å²) in [5, 5.41) is -0.873. The minimum Gasteiger partial charge on any atom is -0.493 e. The first-order valence-corrected chi connectivity index (χ1v) is 11.0. The van der Waals surface area contributed by atoms with Gasteiger partial charge in [0.2, 0.25) is 0 Å². The smallest absolute Gasteiger partial charge is 0.451 e. The highest BCUT2D eigenvalue weighted by molar-refractivity contribution is 8.08. The van der Waals surface area contributed by atoms with Crippen molar-refractivity contribution in [3.8, 4) is 11.5 Å². The van der Waals surface area contributed by atoms with Crippen LogP contribution in [0.2, 0.25) is 0 Å². The molecule has 0 unspecified atom stereocenters. The SMILES string of the molecule is C=C(CCC(=O)C(=[N+]=[N-])S(=O)(=O)c1c(C)cc(C)cc1C)c1ccc(OC)c(OC)c1. The van der Waals surface area contributed by atoms with Crippen molar-refractivity contribution in [2.24, 2.45) is 0 Å². The highest BCUT2D eigenvalue weighted by atomic mass is 32.2. The molecule has 2 aromatic carbocycles. The van der Waals surface area contributed by atoms with E-state index >= 15 is 0 Å². The van der Waals surface area contributed by atoms with Crippen LogP contribution in [-0.2, 0) is 14.6 Å². The summed E-state index contributed by atoms with van der Waals surface area (Å²) in [5.41, 5.74) is 12.6. The molecule has 0 aromatic heterocycles. The minimum absolute atomic E-state index is 0.0158. The van der Waals surface area contributed by atoms with Crippen LogP contribution in [0.25, 0.3) is 11.1 Å². The second-order valence-electron chi connectivity index (χ2n) is 7.23. The number of methoxy groups -OCH3 is 2. The Morgan fingerprint density at radius 3 is 2.10 bits per heavy atom. The van der Waals surface area contributed by atoms with Crippen LogP contribution in [0.4, 0.5) is 0 Å². The molecule has 0 radical (unpaired) electrons. The number of carbonyl (C=O) groups is 1. The molecule has 0 spiro atoms. The van der Waals surface area contributed by atoms with E-state index < -0.39 is 20.7 Å². The lowest BCUT2D eigenvalue weighted by molar-refractivity contribution is -0.116. The molecule has 0 N–H and O–H groups in total. The third kappa shape index (κ3) is 5.10. The molecule has 0 fully saturated rings. The average Bonchev–Trinajstić information content (AvgIpc) is 2.70. The molecule has 0 heterocycles. The summed E-state index contributed by atoms with van der Waals surface area (Å²) in [6.45, 7) is 9.11. The molecule has 31 heavy (non-hydrogen) atoms. The van der Waals surface area contributed by atoms with E-state index in [0.717, 1.165) is 11.1 Å². The largest absolute Gasteiger partial charge is 0.493 e. The van der Waals surface area contributed by atoms with E-state index in [1.54, 1.807) is 44.2 Å². The van der Waals surface area contributed by atoms with Gasteiger partial charge in [0.15, 0.2) is 11.5 Å². The van der Waals surface area contributed by atoms with Gasteiger partial charge in [-0.1, -0.05) is 30.3 Å². The number of allylic oxidation sites excluding steroid dienone is 1. The summed E-state index contributed by atoms with van der Waals surface area (Å²) >= 11 is 0. The Morgan fingerprint density at radius 2 is 1.58 bits per heavy atom. The van der Waals surface area contributed by atoms with Gasteiger partial charge < -0.3 is 15.0 Å². The molecule has 0 aliphatic rings. The molecule has 164 valence electrons. The number of benzene rings is 2. The van der Waals surface area contributed by atoms with Crippen molar-refractivity contribution in [2.45, 2.75) is 38.5 Å². The highest BCUT2D eigenvalue weighted by Crippen LogP contribution is 2.31. The van der Waals surface area contributed by atoms with Crippen molar-refractivity contribution >= 4 is 26.2 Å². The Hall–Kier alpha value is -3.22. The van der Waals surface area contributed by atoms with Crippen molar-refractivity contribution in [2.75, 3.05) is 14.2 Å². The summed E-state index contributed by atoms with van der Waals surface area (Å²) in [7, 11) is -1.24. The predicted octanol–water partition coefficient (Wildman–Crippen LogP) is 4.09. The monoisotopic (exact) mass is 442 g/mol. The van der Waals surface area contributed by atoms with E-state index in [2.05, 4.69) is 11.4 Å². The van der Waals surface area contributed by atoms with Crippen molar-refractivity contribution in [3.05, 3.63) is 64.7 Å². The molecule has 0 saturated heterocycles. The fourth-order valence-corrected chi connectivity index (χ4v) is 5.19. The third-order valence-electron chi connectivity index (χ3n) is 4.90. The fraction of sp³-hybridized carbons (Fsp3) is 0.304. The zero-order valence-electron chi connectivity index (χ0n) is 18.4. The molecule has 0 aliphatic heterocycles. The first-order valence-electron chi connectivity index (χ1n) is 9.55. The number of ether oxygens (including phenoxy) is 2. The Morgan fingerprint density at radius 1 is 1.00 bits per heavy atom. The van der Waals surface area contributed by atoms with E-state index in [1.165, 1.54) is 14.2 Å². The first-order chi connectivity index (χ1) is 14.6. The standard InChI is InChI=1S/C23H26N2O5S/c1-14-11-16(3)22(17(4)12-14)31(27,28)23(25-24)19(26)9-7-15(2)18-8-10-20(29-5)21(13-18)30-6/h8,10-13H,2,7,9H2,1,3-6H3. The normalized spacial score (nSPS) is 10.9. The van der Waals surface area contributed by atoms with E-state index in [-0.39, 0.29) is 17.7 Å². The number of carbonyl (C=O) groups excluding carboxylic acids is 1. The number of aryl methyl sites for hydroxylation is 3. The van der Waals surface area contributed by atoms with Crippen LogP contribution in [0.15, 0.2) is 41.8 Å². The highest BCUT2D eigenvalue weighted by Gasteiger charge is 2.38. The van der Waals surface area contributed by atoms with Crippen LogP contribution in [0.5, 0.6) is 11.5 Å². The second-order valence-corrected chi connectivity index (χ2v) is 9.03. The van der Waals surface area contributed by atoms with Crippen molar-refractivity contribution in [1.82, 2.24) is 0 Å². The number of hydrogen-bond donors (Lipinski definition) is 0. The van der Waals surface area contributed by atoms with Gasteiger partial charge in [-0.3, -0.25) is 4.79 Å². The molecule has 7 nitrogen and oxygen atoms in total. The summed E-state index contributed by atoms with van der Waals surface area (Å²) in [4.78, 5) is 15.5. The molecule has 2 aromatic rings. The van der Waals surface area contributed by atoms with Crippen LogP contribution in [0, 0.1) is 20.8 Å². The molecule has 8 heteroatoms. The summed E-state index contributed by atoms with van der Waals surface area (Å²) in [5.74, 6) is 0.279. The van der Waals surface area contributed by atoms with Crippen LogP contribution < -0.4 is 9.47 Å². The second kappa shape index (κ2) is 9.73. The van der Waals surface area contributed by atoms with Gasteiger partial charge in [0.25, 0.3) is 15.6 Å². The predicted molar refractivity (Wildman–Crippen MR) is 119 cm³/mol. The van der Waals surface area contributed by atoms with Gasteiger partial charge in [0.1, 0.15) is 0 Å². The van der Waals surface area contributed by atoms with Crippen LogP contribution in [0.1, 0.15) is 35.1 Å². The number of hydrogen-bond acceptors (Lipinski definition) is 5. The van der Waals surface area contributed by atoms with Gasteiger partial charge >= 0.3 is 5.04 Å². The van der Waals surface area contributed by atoms with E-state index in [1.807, 2.05) is 6.92 Å². The summed E-state index contributed by atoms with van der Waals surface area (Å²) < 4.78 is 36.6.